The highest BCUT2D eigenvalue weighted by Crippen LogP contribution is 2.33. The maximum absolute atomic E-state index is 12.1. The van der Waals surface area contributed by atoms with Gasteiger partial charge in [0.2, 0.25) is 0 Å². The summed E-state index contributed by atoms with van der Waals surface area (Å²) in [6.07, 6.45) is 1.40. The van der Waals surface area contributed by atoms with E-state index < -0.39 is 5.60 Å². The first kappa shape index (κ1) is 18.7. The van der Waals surface area contributed by atoms with Gasteiger partial charge in [0.15, 0.2) is 0 Å². The molecular formula is C17H26N2O4S. The summed E-state index contributed by atoms with van der Waals surface area (Å²) in [6.45, 7) is 10.9. The van der Waals surface area contributed by atoms with E-state index in [0.29, 0.717) is 24.6 Å². The van der Waals surface area contributed by atoms with Crippen molar-refractivity contribution in [2.24, 2.45) is 0 Å². The molecule has 0 N–H and O–H groups in total. The van der Waals surface area contributed by atoms with E-state index in [0.717, 1.165) is 23.5 Å². The number of aryl methyl sites for hydroxylation is 1. The van der Waals surface area contributed by atoms with Gasteiger partial charge in [-0.1, -0.05) is 0 Å². The lowest BCUT2D eigenvalue weighted by Gasteiger charge is -2.32. The fourth-order valence-electron chi connectivity index (χ4n) is 2.61. The molecule has 1 aliphatic heterocycles. The van der Waals surface area contributed by atoms with Crippen LogP contribution in [0.4, 0.5) is 4.79 Å². The van der Waals surface area contributed by atoms with Crippen molar-refractivity contribution in [1.82, 2.24) is 9.88 Å². The van der Waals surface area contributed by atoms with Crippen LogP contribution in [-0.4, -0.2) is 47.2 Å². The molecule has 2 heterocycles. The van der Waals surface area contributed by atoms with E-state index in [1.54, 1.807) is 11.8 Å². The molecule has 1 aliphatic rings. The van der Waals surface area contributed by atoms with Gasteiger partial charge in [0, 0.05) is 19.0 Å². The molecule has 0 saturated carbocycles. The smallest absolute Gasteiger partial charge is 0.410 e. The van der Waals surface area contributed by atoms with Gasteiger partial charge in [0.25, 0.3) is 0 Å². The summed E-state index contributed by atoms with van der Waals surface area (Å²) < 4.78 is 10.5. The Balaban J connectivity index is 1.96. The minimum atomic E-state index is -0.477. The molecule has 24 heavy (non-hydrogen) atoms. The maximum atomic E-state index is 12.1. The monoisotopic (exact) mass is 354 g/mol. The fraction of sp³-hybridized carbons (Fsp3) is 0.706. The van der Waals surface area contributed by atoms with Crippen molar-refractivity contribution in [3.8, 4) is 0 Å². The molecule has 2 rings (SSSR count). The Morgan fingerprint density at radius 1 is 1.29 bits per heavy atom. The number of ether oxygens (including phenoxy) is 2. The number of hydrogen-bond donors (Lipinski definition) is 0. The van der Waals surface area contributed by atoms with Gasteiger partial charge in [-0.25, -0.2) is 14.6 Å². The first-order valence-corrected chi connectivity index (χ1v) is 9.15. The normalized spacial score (nSPS) is 16.1. The van der Waals surface area contributed by atoms with Crippen molar-refractivity contribution in [3.63, 3.8) is 0 Å². The van der Waals surface area contributed by atoms with Crippen LogP contribution in [0.1, 0.15) is 66.8 Å². The quantitative estimate of drug-likeness (QED) is 0.773. The number of amides is 1. The zero-order valence-corrected chi connectivity index (χ0v) is 15.9. The molecule has 0 spiro atoms. The highest BCUT2D eigenvalue weighted by Gasteiger charge is 2.29. The average molecular weight is 354 g/mol. The first-order valence-electron chi connectivity index (χ1n) is 8.33. The van der Waals surface area contributed by atoms with Crippen LogP contribution in [-0.2, 0) is 9.47 Å². The number of thiazole rings is 1. The zero-order valence-electron chi connectivity index (χ0n) is 15.0. The second kappa shape index (κ2) is 7.51. The van der Waals surface area contributed by atoms with Crippen LogP contribution >= 0.6 is 11.3 Å². The van der Waals surface area contributed by atoms with Crippen molar-refractivity contribution in [2.75, 3.05) is 19.7 Å². The minimum absolute atomic E-state index is 0.261. The summed E-state index contributed by atoms with van der Waals surface area (Å²) in [7, 11) is 0. The molecule has 0 unspecified atom stereocenters. The van der Waals surface area contributed by atoms with Gasteiger partial charge in [-0.2, -0.15) is 0 Å². The van der Waals surface area contributed by atoms with Gasteiger partial charge >= 0.3 is 12.1 Å². The number of piperidine rings is 1. The number of esters is 1. The Bertz CT molecular complexity index is 598. The molecule has 0 bridgehead atoms. The standard InChI is InChI=1S/C17H26N2O4S/c1-6-22-15(20)13-11(2)18-14(24-13)12-7-9-19(10-8-12)16(21)23-17(3,4)5/h12H,6-10H2,1-5H3. The summed E-state index contributed by atoms with van der Waals surface area (Å²) in [6, 6.07) is 0. The fourth-order valence-corrected chi connectivity index (χ4v) is 3.74. The predicted octanol–water partition coefficient (Wildman–Crippen LogP) is 3.74. The van der Waals surface area contributed by atoms with Crippen LogP contribution in [0, 0.1) is 6.92 Å². The second-order valence-corrected chi connectivity index (χ2v) is 7.96. The molecule has 0 aromatic carbocycles. The third kappa shape index (κ3) is 4.69. The minimum Gasteiger partial charge on any atom is -0.462 e. The lowest BCUT2D eigenvalue weighted by Crippen LogP contribution is -2.41. The molecule has 0 atom stereocenters. The van der Waals surface area contributed by atoms with Gasteiger partial charge in [-0.3, -0.25) is 0 Å². The highest BCUT2D eigenvalue weighted by molar-refractivity contribution is 7.13. The molecule has 0 radical (unpaired) electrons. The van der Waals surface area contributed by atoms with Crippen molar-refractivity contribution in [3.05, 3.63) is 15.6 Å². The van der Waals surface area contributed by atoms with Gasteiger partial charge in [-0.15, -0.1) is 11.3 Å². The topological polar surface area (TPSA) is 68.7 Å². The number of rotatable bonds is 3. The van der Waals surface area contributed by atoms with Crippen molar-refractivity contribution in [2.45, 2.75) is 59.0 Å². The average Bonchev–Trinajstić information content (AvgIpc) is 2.88. The van der Waals surface area contributed by atoms with Crippen molar-refractivity contribution in [1.29, 1.82) is 0 Å². The molecule has 1 aromatic heterocycles. The zero-order chi connectivity index (χ0) is 17.9. The third-order valence-corrected chi connectivity index (χ3v) is 5.07. The summed E-state index contributed by atoms with van der Waals surface area (Å²) in [5.74, 6) is -0.0273. The Morgan fingerprint density at radius 3 is 2.46 bits per heavy atom. The molecule has 1 aromatic rings. The van der Waals surface area contributed by atoms with Gasteiger partial charge < -0.3 is 14.4 Å². The predicted molar refractivity (Wildman–Crippen MR) is 92.6 cm³/mol. The van der Waals surface area contributed by atoms with Gasteiger partial charge in [0.1, 0.15) is 10.5 Å². The molecular weight excluding hydrogens is 328 g/mol. The van der Waals surface area contributed by atoms with Crippen LogP contribution in [0.2, 0.25) is 0 Å². The molecule has 7 heteroatoms. The van der Waals surface area contributed by atoms with E-state index in [9.17, 15) is 9.59 Å². The molecule has 6 nitrogen and oxygen atoms in total. The van der Waals surface area contributed by atoms with E-state index in [2.05, 4.69) is 4.98 Å². The van der Waals surface area contributed by atoms with E-state index in [1.807, 2.05) is 27.7 Å². The summed E-state index contributed by atoms with van der Waals surface area (Å²) in [5, 5.41) is 0.958. The summed E-state index contributed by atoms with van der Waals surface area (Å²) in [5.41, 5.74) is 0.248. The maximum Gasteiger partial charge on any atom is 0.410 e. The summed E-state index contributed by atoms with van der Waals surface area (Å²) in [4.78, 5) is 30.9. The molecule has 1 amide bonds. The van der Waals surface area contributed by atoms with Crippen LogP contribution in [0.5, 0.6) is 0 Å². The van der Waals surface area contributed by atoms with Crippen molar-refractivity contribution < 1.29 is 19.1 Å². The number of nitrogens with zero attached hydrogens (tertiary/aromatic N) is 2. The molecule has 1 saturated heterocycles. The van der Waals surface area contributed by atoms with Gasteiger partial charge in [-0.05, 0) is 47.5 Å². The Hall–Kier alpha value is -1.63. The number of carbonyl (C=O) groups is 2. The SMILES string of the molecule is CCOC(=O)c1sc(C2CCN(C(=O)OC(C)(C)C)CC2)nc1C. The molecule has 1 fully saturated rings. The Kier molecular flexibility index (Phi) is 5.85. The Labute approximate surface area is 147 Å². The number of hydrogen-bond acceptors (Lipinski definition) is 6. The van der Waals surface area contributed by atoms with E-state index in [1.165, 1.54) is 11.3 Å². The highest BCUT2D eigenvalue weighted by atomic mass is 32.1. The lowest BCUT2D eigenvalue weighted by molar-refractivity contribution is 0.0204. The van der Waals surface area contributed by atoms with E-state index in [4.69, 9.17) is 9.47 Å². The van der Waals surface area contributed by atoms with Crippen LogP contribution in [0.15, 0.2) is 0 Å². The third-order valence-electron chi connectivity index (χ3n) is 3.77. The van der Waals surface area contributed by atoms with Crippen LogP contribution in [0.3, 0.4) is 0 Å². The van der Waals surface area contributed by atoms with E-state index in [-0.39, 0.29) is 18.0 Å². The number of carbonyl (C=O) groups excluding carboxylic acids is 2. The summed E-state index contributed by atoms with van der Waals surface area (Å²) >= 11 is 1.41. The van der Waals surface area contributed by atoms with Crippen molar-refractivity contribution >= 4 is 23.4 Å². The van der Waals surface area contributed by atoms with Crippen LogP contribution in [0.25, 0.3) is 0 Å². The largest absolute Gasteiger partial charge is 0.462 e. The number of likely N-dealkylation sites (tertiary alicyclic amines) is 1. The van der Waals surface area contributed by atoms with E-state index >= 15 is 0 Å². The lowest BCUT2D eigenvalue weighted by atomic mass is 9.98. The van der Waals surface area contributed by atoms with Crippen LogP contribution < -0.4 is 0 Å². The number of aromatic nitrogens is 1. The second-order valence-electron chi connectivity index (χ2n) is 6.93. The van der Waals surface area contributed by atoms with Gasteiger partial charge in [0.05, 0.1) is 17.3 Å². The molecule has 134 valence electrons. The molecule has 0 aliphatic carbocycles. The first-order chi connectivity index (χ1) is 11.2. The Morgan fingerprint density at radius 2 is 1.92 bits per heavy atom.